The molecule has 31 heavy (non-hydrogen) atoms. The Labute approximate surface area is 179 Å². The summed E-state index contributed by atoms with van der Waals surface area (Å²) in [6, 6.07) is 20.6. The molecule has 3 aromatic rings. The molecule has 0 aromatic heterocycles. The maximum atomic E-state index is 12.4. The predicted molar refractivity (Wildman–Crippen MR) is 115 cm³/mol. The number of carbonyl (C=O) groups excluding carboxylic acids is 3. The molecule has 1 aliphatic rings. The van der Waals surface area contributed by atoms with Gasteiger partial charge in [-0.2, -0.15) is 0 Å². The molecule has 0 saturated heterocycles. The van der Waals surface area contributed by atoms with Gasteiger partial charge < -0.3 is 14.8 Å². The summed E-state index contributed by atoms with van der Waals surface area (Å²) >= 11 is 0. The highest BCUT2D eigenvalue weighted by atomic mass is 16.5. The largest absolute Gasteiger partial charge is 0.494 e. The van der Waals surface area contributed by atoms with Gasteiger partial charge in [-0.3, -0.25) is 19.3 Å². The normalized spacial score (nSPS) is 12.5. The molecule has 1 heterocycles. The summed E-state index contributed by atoms with van der Waals surface area (Å²) in [5.41, 5.74) is 1.16. The molecule has 156 valence electrons. The Morgan fingerprint density at radius 2 is 1.32 bits per heavy atom. The SMILES string of the molecule is CCOc1ccc(Oc2ccc(NC(=O)CN3C(=O)c4ccccc4C3=O)cc2)cc1. The van der Waals surface area contributed by atoms with Crippen molar-refractivity contribution in [2.75, 3.05) is 18.5 Å². The maximum absolute atomic E-state index is 12.4. The molecule has 0 bridgehead atoms. The maximum Gasteiger partial charge on any atom is 0.262 e. The standard InChI is InChI=1S/C24H20N2O5/c1-2-30-17-11-13-19(14-12-17)31-18-9-7-16(8-10-18)25-22(27)15-26-23(28)20-5-3-4-6-21(20)24(26)29/h3-14H,2,15H2,1H3,(H,25,27). The highest BCUT2D eigenvalue weighted by Crippen LogP contribution is 2.26. The molecule has 3 aromatic carbocycles. The van der Waals surface area contributed by atoms with Crippen molar-refractivity contribution in [3.05, 3.63) is 83.9 Å². The molecule has 0 spiro atoms. The predicted octanol–water partition coefficient (Wildman–Crippen LogP) is 4.11. The van der Waals surface area contributed by atoms with Crippen LogP contribution in [-0.4, -0.2) is 35.8 Å². The number of hydrogen-bond donors (Lipinski definition) is 1. The zero-order chi connectivity index (χ0) is 21.8. The number of nitrogens with zero attached hydrogens (tertiary/aromatic N) is 1. The van der Waals surface area contributed by atoms with E-state index in [1.807, 2.05) is 31.2 Å². The van der Waals surface area contributed by atoms with Crippen molar-refractivity contribution in [3.63, 3.8) is 0 Å². The first-order valence-electron chi connectivity index (χ1n) is 9.81. The lowest BCUT2D eigenvalue weighted by Gasteiger charge is -2.14. The number of fused-ring (bicyclic) bond motifs is 1. The van der Waals surface area contributed by atoms with Gasteiger partial charge in [-0.25, -0.2) is 0 Å². The first kappa shape index (κ1) is 20.2. The fourth-order valence-electron chi connectivity index (χ4n) is 3.24. The van der Waals surface area contributed by atoms with Crippen LogP contribution >= 0.6 is 0 Å². The Hall–Kier alpha value is -4.13. The molecule has 7 heteroatoms. The van der Waals surface area contributed by atoms with Crippen molar-refractivity contribution < 1.29 is 23.9 Å². The van der Waals surface area contributed by atoms with Gasteiger partial charge in [0.25, 0.3) is 11.8 Å². The van der Waals surface area contributed by atoms with Crippen molar-refractivity contribution >= 4 is 23.4 Å². The number of carbonyl (C=O) groups is 3. The molecule has 0 saturated carbocycles. The van der Waals surface area contributed by atoms with Crippen LogP contribution in [0.25, 0.3) is 0 Å². The van der Waals surface area contributed by atoms with Crippen molar-refractivity contribution in [1.29, 1.82) is 0 Å². The summed E-state index contributed by atoms with van der Waals surface area (Å²) in [4.78, 5) is 38.1. The van der Waals surface area contributed by atoms with E-state index in [1.54, 1.807) is 48.5 Å². The lowest BCUT2D eigenvalue weighted by molar-refractivity contribution is -0.116. The van der Waals surface area contributed by atoms with E-state index in [-0.39, 0.29) is 6.54 Å². The minimum Gasteiger partial charge on any atom is -0.494 e. The molecule has 0 unspecified atom stereocenters. The number of anilines is 1. The average molecular weight is 416 g/mol. The smallest absolute Gasteiger partial charge is 0.262 e. The number of nitrogens with one attached hydrogen (secondary N) is 1. The Balaban J connectivity index is 1.34. The topological polar surface area (TPSA) is 84.9 Å². The highest BCUT2D eigenvalue weighted by Gasteiger charge is 2.36. The Kier molecular flexibility index (Phi) is 5.66. The van der Waals surface area contributed by atoms with Crippen LogP contribution < -0.4 is 14.8 Å². The third-order valence-corrected chi connectivity index (χ3v) is 4.69. The lowest BCUT2D eigenvalue weighted by Crippen LogP contribution is -2.37. The van der Waals surface area contributed by atoms with Gasteiger partial charge in [-0.15, -0.1) is 0 Å². The average Bonchev–Trinajstić information content (AvgIpc) is 3.02. The number of imide groups is 1. The molecular formula is C24H20N2O5. The van der Waals surface area contributed by atoms with Crippen molar-refractivity contribution in [3.8, 4) is 17.2 Å². The Morgan fingerprint density at radius 1 is 0.806 bits per heavy atom. The second-order valence-corrected chi connectivity index (χ2v) is 6.82. The minimum atomic E-state index is -0.463. The molecule has 0 aliphatic carbocycles. The monoisotopic (exact) mass is 416 g/mol. The molecule has 4 rings (SSSR count). The van der Waals surface area contributed by atoms with E-state index in [4.69, 9.17) is 9.47 Å². The van der Waals surface area contributed by atoms with Crippen LogP contribution in [-0.2, 0) is 4.79 Å². The van der Waals surface area contributed by atoms with Gasteiger partial charge in [-0.1, -0.05) is 12.1 Å². The molecule has 3 amide bonds. The molecule has 0 fully saturated rings. The molecule has 0 atom stereocenters. The number of ether oxygens (including phenoxy) is 2. The van der Waals surface area contributed by atoms with E-state index in [0.717, 1.165) is 10.6 Å². The van der Waals surface area contributed by atoms with Gasteiger partial charge in [0.1, 0.15) is 23.8 Å². The molecule has 1 N–H and O–H groups in total. The summed E-state index contributed by atoms with van der Waals surface area (Å²) in [5, 5.41) is 2.69. The number of rotatable bonds is 7. The van der Waals surface area contributed by atoms with Gasteiger partial charge in [0.05, 0.1) is 17.7 Å². The number of benzene rings is 3. The van der Waals surface area contributed by atoms with E-state index in [0.29, 0.717) is 34.9 Å². The first-order valence-corrected chi connectivity index (χ1v) is 9.81. The van der Waals surface area contributed by atoms with Crippen LogP contribution in [0.5, 0.6) is 17.2 Å². The lowest BCUT2D eigenvalue weighted by atomic mass is 10.1. The zero-order valence-electron chi connectivity index (χ0n) is 16.8. The molecular weight excluding hydrogens is 396 g/mol. The summed E-state index contributed by atoms with van der Waals surface area (Å²) in [6.45, 7) is 2.17. The Morgan fingerprint density at radius 3 is 1.87 bits per heavy atom. The van der Waals surface area contributed by atoms with Crippen LogP contribution in [0.1, 0.15) is 27.6 Å². The van der Waals surface area contributed by atoms with Gasteiger partial charge in [0, 0.05) is 5.69 Å². The van der Waals surface area contributed by atoms with Gasteiger partial charge in [0.2, 0.25) is 5.91 Å². The van der Waals surface area contributed by atoms with E-state index in [1.165, 1.54) is 0 Å². The van der Waals surface area contributed by atoms with E-state index < -0.39 is 17.7 Å². The summed E-state index contributed by atoms with van der Waals surface area (Å²) in [6.07, 6.45) is 0. The fraction of sp³-hybridized carbons (Fsp3) is 0.125. The number of amides is 3. The first-order chi connectivity index (χ1) is 15.0. The van der Waals surface area contributed by atoms with Crippen molar-refractivity contribution in [2.45, 2.75) is 6.92 Å². The van der Waals surface area contributed by atoms with Crippen LogP contribution in [0, 0.1) is 0 Å². The van der Waals surface area contributed by atoms with Gasteiger partial charge in [0.15, 0.2) is 0 Å². The molecule has 0 radical (unpaired) electrons. The summed E-state index contributed by atoms with van der Waals surface area (Å²) < 4.78 is 11.2. The molecule has 1 aliphatic heterocycles. The van der Waals surface area contributed by atoms with Gasteiger partial charge in [-0.05, 0) is 67.6 Å². The third kappa shape index (κ3) is 4.40. The zero-order valence-corrected chi connectivity index (χ0v) is 16.8. The van der Waals surface area contributed by atoms with Crippen molar-refractivity contribution in [1.82, 2.24) is 4.90 Å². The van der Waals surface area contributed by atoms with Crippen LogP contribution in [0.3, 0.4) is 0 Å². The molecule has 7 nitrogen and oxygen atoms in total. The second-order valence-electron chi connectivity index (χ2n) is 6.82. The summed E-state index contributed by atoms with van der Waals surface area (Å²) in [7, 11) is 0. The second kappa shape index (κ2) is 8.71. The van der Waals surface area contributed by atoms with Crippen LogP contribution in [0.4, 0.5) is 5.69 Å². The van der Waals surface area contributed by atoms with Crippen molar-refractivity contribution in [2.24, 2.45) is 0 Å². The third-order valence-electron chi connectivity index (χ3n) is 4.69. The van der Waals surface area contributed by atoms with Crippen LogP contribution in [0.2, 0.25) is 0 Å². The minimum absolute atomic E-state index is 0.316. The Bertz CT molecular complexity index is 1090. The van der Waals surface area contributed by atoms with E-state index in [2.05, 4.69) is 5.32 Å². The quantitative estimate of drug-likeness (QED) is 0.586. The highest BCUT2D eigenvalue weighted by molar-refractivity contribution is 6.22. The summed E-state index contributed by atoms with van der Waals surface area (Å²) in [5.74, 6) is 0.638. The van der Waals surface area contributed by atoms with Crippen LogP contribution in [0.15, 0.2) is 72.8 Å². The van der Waals surface area contributed by atoms with E-state index in [9.17, 15) is 14.4 Å². The van der Waals surface area contributed by atoms with E-state index >= 15 is 0 Å². The fourth-order valence-corrected chi connectivity index (χ4v) is 3.24. The van der Waals surface area contributed by atoms with Gasteiger partial charge >= 0.3 is 0 Å². The number of hydrogen-bond acceptors (Lipinski definition) is 5.